The van der Waals surface area contributed by atoms with Crippen molar-refractivity contribution in [2.75, 3.05) is 18.0 Å². The van der Waals surface area contributed by atoms with Crippen molar-refractivity contribution in [3.8, 4) is 0 Å². The van der Waals surface area contributed by atoms with Gasteiger partial charge in [0.25, 0.3) is 5.91 Å². The van der Waals surface area contributed by atoms with Gasteiger partial charge in [-0.1, -0.05) is 0 Å². The van der Waals surface area contributed by atoms with E-state index in [4.69, 9.17) is 10.2 Å². The SMILES string of the molecule is Cc1ccc(C(=O)N(CCCN)c2ccc(F)cc2)o1. The summed E-state index contributed by atoms with van der Waals surface area (Å²) in [7, 11) is 0. The number of benzene rings is 1. The summed E-state index contributed by atoms with van der Waals surface area (Å²) in [5.41, 5.74) is 6.12. The zero-order valence-electron chi connectivity index (χ0n) is 11.3. The summed E-state index contributed by atoms with van der Waals surface area (Å²) in [5.74, 6) is 0.349. The molecule has 2 rings (SSSR count). The Kier molecular flexibility index (Phi) is 4.53. The lowest BCUT2D eigenvalue weighted by molar-refractivity contribution is 0.0959. The van der Waals surface area contributed by atoms with Gasteiger partial charge in [-0.3, -0.25) is 4.79 Å². The van der Waals surface area contributed by atoms with E-state index in [0.717, 1.165) is 0 Å². The van der Waals surface area contributed by atoms with E-state index < -0.39 is 0 Å². The molecule has 5 heteroatoms. The second kappa shape index (κ2) is 6.34. The molecule has 0 aliphatic carbocycles. The van der Waals surface area contributed by atoms with Crippen molar-refractivity contribution < 1.29 is 13.6 Å². The van der Waals surface area contributed by atoms with E-state index in [2.05, 4.69) is 0 Å². The topological polar surface area (TPSA) is 59.5 Å². The second-order valence-electron chi connectivity index (χ2n) is 4.49. The van der Waals surface area contributed by atoms with Gasteiger partial charge in [0.1, 0.15) is 11.6 Å². The maximum atomic E-state index is 13.0. The van der Waals surface area contributed by atoms with Crippen LogP contribution in [-0.2, 0) is 0 Å². The number of carbonyl (C=O) groups is 1. The third kappa shape index (κ3) is 3.24. The molecule has 1 aromatic heterocycles. The molecule has 1 aromatic carbocycles. The first-order valence-electron chi connectivity index (χ1n) is 6.46. The highest BCUT2D eigenvalue weighted by atomic mass is 19.1. The van der Waals surface area contributed by atoms with Crippen molar-refractivity contribution in [3.63, 3.8) is 0 Å². The van der Waals surface area contributed by atoms with E-state index in [1.165, 1.54) is 12.1 Å². The lowest BCUT2D eigenvalue weighted by atomic mass is 10.2. The first-order valence-corrected chi connectivity index (χ1v) is 6.46. The maximum Gasteiger partial charge on any atom is 0.293 e. The molecule has 0 atom stereocenters. The van der Waals surface area contributed by atoms with Gasteiger partial charge in [0.15, 0.2) is 5.76 Å². The summed E-state index contributed by atoms with van der Waals surface area (Å²) in [5, 5.41) is 0. The number of hydrogen-bond donors (Lipinski definition) is 1. The van der Waals surface area contributed by atoms with Crippen LogP contribution in [0.1, 0.15) is 22.7 Å². The molecule has 0 bridgehead atoms. The Bertz CT molecular complexity index is 578. The van der Waals surface area contributed by atoms with E-state index >= 15 is 0 Å². The standard InChI is InChI=1S/C15H17FN2O2/c1-11-3-8-14(20-11)15(19)18(10-2-9-17)13-6-4-12(16)5-7-13/h3-8H,2,9-10,17H2,1H3. The molecule has 20 heavy (non-hydrogen) atoms. The molecule has 0 aliphatic heterocycles. The molecule has 0 unspecified atom stereocenters. The summed E-state index contributed by atoms with van der Waals surface area (Å²) in [4.78, 5) is 14.0. The summed E-state index contributed by atoms with van der Waals surface area (Å²) < 4.78 is 18.3. The van der Waals surface area contributed by atoms with Crippen LogP contribution in [0.5, 0.6) is 0 Å². The van der Waals surface area contributed by atoms with Crippen LogP contribution in [0.2, 0.25) is 0 Å². The fourth-order valence-corrected chi connectivity index (χ4v) is 1.90. The van der Waals surface area contributed by atoms with Crippen molar-refractivity contribution in [2.45, 2.75) is 13.3 Å². The van der Waals surface area contributed by atoms with Crippen LogP contribution >= 0.6 is 0 Å². The highest BCUT2D eigenvalue weighted by molar-refractivity contribution is 6.04. The molecule has 0 radical (unpaired) electrons. The molecule has 106 valence electrons. The van der Waals surface area contributed by atoms with Gasteiger partial charge in [0.2, 0.25) is 0 Å². The molecule has 0 aliphatic rings. The number of nitrogens with two attached hydrogens (primary N) is 1. The number of halogens is 1. The average Bonchev–Trinajstić information content (AvgIpc) is 2.87. The third-order valence-electron chi connectivity index (χ3n) is 2.92. The van der Waals surface area contributed by atoms with E-state index in [1.54, 1.807) is 36.1 Å². The van der Waals surface area contributed by atoms with Crippen molar-refractivity contribution >= 4 is 11.6 Å². The Balaban J connectivity index is 2.27. The van der Waals surface area contributed by atoms with Crippen LogP contribution in [-0.4, -0.2) is 19.0 Å². The van der Waals surface area contributed by atoms with Gasteiger partial charge < -0.3 is 15.1 Å². The van der Waals surface area contributed by atoms with Crippen molar-refractivity contribution in [1.82, 2.24) is 0 Å². The number of carbonyl (C=O) groups excluding carboxylic acids is 1. The zero-order valence-corrected chi connectivity index (χ0v) is 11.3. The highest BCUT2D eigenvalue weighted by Crippen LogP contribution is 2.19. The second-order valence-corrected chi connectivity index (χ2v) is 4.49. The monoisotopic (exact) mass is 276 g/mol. The predicted octanol–water partition coefficient (Wildman–Crippen LogP) is 2.72. The number of nitrogens with zero attached hydrogens (tertiary/aromatic N) is 1. The van der Waals surface area contributed by atoms with Crippen LogP contribution in [0.25, 0.3) is 0 Å². The molecule has 0 saturated heterocycles. The molecule has 1 amide bonds. The Hall–Kier alpha value is -2.14. The predicted molar refractivity (Wildman–Crippen MR) is 75.2 cm³/mol. The molecule has 4 nitrogen and oxygen atoms in total. The molecule has 2 N–H and O–H groups in total. The minimum atomic E-state index is -0.339. The zero-order chi connectivity index (χ0) is 14.5. The molecular weight excluding hydrogens is 259 g/mol. The third-order valence-corrected chi connectivity index (χ3v) is 2.92. The average molecular weight is 276 g/mol. The Morgan fingerprint density at radius 1 is 1.25 bits per heavy atom. The van der Waals surface area contributed by atoms with Crippen LogP contribution in [0.4, 0.5) is 10.1 Å². The van der Waals surface area contributed by atoms with Gasteiger partial charge in [0, 0.05) is 12.2 Å². The summed E-state index contributed by atoms with van der Waals surface area (Å²) in [6.07, 6.45) is 0.656. The Morgan fingerprint density at radius 3 is 2.50 bits per heavy atom. The maximum absolute atomic E-state index is 13.0. The summed E-state index contributed by atoms with van der Waals surface area (Å²) in [6, 6.07) is 9.16. The fourth-order valence-electron chi connectivity index (χ4n) is 1.90. The number of anilines is 1. The van der Waals surface area contributed by atoms with Gasteiger partial charge in [0.05, 0.1) is 0 Å². The van der Waals surface area contributed by atoms with Crippen LogP contribution in [0.3, 0.4) is 0 Å². The van der Waals surface area contributed by atoms with Gasteiger partial charge in [-0.15, -0.1) is 0 Å². The molecule has 2 aromatic rings. The minimum absolute atomic E-state index is 0.252. The smallest absolute Gasteiger partial charge is 0.293 e. The highest BCUT2D eigenvalue weighted by Gasteiger charge is 2.20. The normalized spacial score (nSPS) is 10.6. The largest absolute Gasteiger partial charge is 0.456 e. The van der Waals surface area contributed by atoms with Crippen LogP contribution in [0.15, 0.2) is 40.8 Å². The van der Waals surface area contributed by atoms with Crippen LogP contribution < -0.4 is 10.6 Å². The quantitative estimate of drug-likeness (QED) is 0.913. The van der Waals surface area contributed by atoms with E-state index in [1.807, 2.05) is 0 Å². The molecule has 0 fully saturated rings. The van der Waals surface area contributed by atoms with E-state index in [-0.39, 0.29) is 17.5 Å². The Morgan fingerprint density at radius 2 is 1.95 bits per heavy atom. The Labute approximate surface area is 117 Å². The van der Waals surface area contributed by atoms with Gasteiger partial charge in [-0.25, -0.2) is 4.39 Å². The number of hydrogen-bond acceptors (Lipinski definition) is 3. The van der Waals surface area contributed by atoms with Gasteiger partial charge >= 0.3 is 0 Å². The van der Waals surface area contributed by atoms with E-state index in [0.29, 0.717) is 31.0 Å². The lowest BCUT2D eigenvalue weighted by Gasteiger charge is -2.21. The van der Waals surface area contributed by atoms with Crippen molar-refractivity contribution in [2.24, 2.45) is 5.73 Å². The molecule has 0 saturated carbocycles. The van der Waals surface area contributed by atoms with Crippen LogP contribution in [0, 0.1) is 12.7 Å². The number of furan rings is 1. The van der Waals surface area contributed by atoms with Crippen molar-refractivity contribution in [3.05, 3.63) is 53.7 Å². The fraction of sp³-hybridized carbons (Fsp3) is 0.267. The van der Waals surface area contributed by atoms with E-state index in [9.17, 15) is 9.18 Å². The first-order chi connectivity index (χ1) is 9.61. The molecule has 0 spiro atoms. The summed E-state index contributed by atoms with van der Waals surface area (Å²) >= 11 is 0. The lowest BCUT2D eigenvalue weighted by Crippen LogP contribution is -2.32. The van der Waals surface area contributed by atoms with Crippen molar-refractivity contribution in [1.29, 1.82) is 0 Å². The minimum Gasteiger partial charge on any atom is -0.456 e. The number of amides is 1. The molecular formula is C15H17FN2O2. The first kappa shape index (κ1) is 14.3. The van der Waals surface area contributed by atoms with Gasteiger partial charge in [-0.05, 0) is 56.3 Å². The summed E-state index contributed by atoms with van der Waals surface area (Å²) in [6.45, 7) is 2.71. The number of rotatable bonds is 5. The number of aryl methyl sites for hydroxylation is 1. The van der Waals surface area contributed by atoms with Gasteiger partial charge in [-0.2, -0.15) is 0 Å². The molecule has 1 heterocycles.